The van der Waals surface area contributed by atoms with E-state index in [4.69, 9.17) is 0 Å². The zero-order valence-electron chi connectivity index (χ0n) is 13.8. The predicted octanol–water partition coefficient (Wildman–Crippen LogP) is 7.42. The topological polar surface area (TPSA) is 0 Å². The summed E-state index contributed by atoms with van der Waals surface area (Å²) in [7, 11) is 0. The Morgan fingerprint density at radius 2 is 0.700 bits per heavy atom. The van der Waals surface area contributed by atoms with Crippen LogP contribution in [0.2, 0.25) is 0 Å². The van der Waals surface area contributed by atoms with Crippen molar-refractivity contribution in [3.8, 4) is 0 Å². The van der Waals surface area contributed by atoms with Crippen molar-refractivity contribution < 1.29 is 61.5 Å². The van der Waals surface area contributed by atoms with E-state index in [2.05, 4.69) is 0 Å². The second-order valence-electron chi connectivity index (χ2n) is 6.04. The maximum Gasteiger partial charge on any atom is 0.460 e. The minimum atomic E-state index is -7.08. The average molecular weight is 464 g/mol. The van der Waals surface area contributed by atoms with Gasteiger partial charge in [-0.3, -0.25) is 0 Å². The molecule has 14 heteroatoms. The summed E-state index contributed by atoms with van der Waals surface area (Å²) in [5.41, 5.74) is -6.06. The van der Waals surface area contributed by atoms with Gasteiger partial charge in [0.25, 0.3) is 0 Å². The van der Waals surface area contributed by atoms with Gasteiger partial charge in [0.1, 0.15) is 0 Å². The Morgan fingerprint density at radius 1 is 0.433 bits per heavy atom. The molecule has 0 unspecified atom stereocenters. The summed E-state index contributed by atoms with van der Waals surface area (Å²) in [6, 6.07) is 2.67. The molecule has 0 saturated carbocycles. The van der Waals surface area contributed by atoms with Crippen LogP contribution in [0.25, 0.3) is 10.8 Å². The third-order valence-corrected chi connectivity index (χ3v) is 4.06. The number of rotatable bonds is 4. The molecule has 0 heterocycles. The molecule has 0 amide bonds. The lowest BCUT2D eigenvalue weighted by molar-refractivity contribution is -0.367. The summed E-state index contributed by atoms with van der Waals surface area (Å²) in [5.74, 6) is -27.4. The van der Waals surface area contributed by atoms with E-state index in [1.54, 1.807) is 0 Å². The number of benzene rings is 2. The van der Waals surface area contributed by atoms with Crippen LogP contribution in [0.15, 0.2) is 36.4 Å². The zero-order chi connectivity index (χ0) is 23.6. The van der Waals surface area contributed by atoms with Crippen molar-refractivity contribution >= 4 is 10.8 Å². The number of alkyl halides is 14. The van der Waals surface area contributed by atoms with Crippen LogP contribution in [0.4, 0.5) is 61.5 Å². The lowest BCUT2D eigenvalue weighted by Crippen LogP contribution is -2.53. The van der Waals surface area contributed by atoms with E-state index in [1.165, 1.54) is 0 Å². The molecule has 0 aliphatic rings. The fraction of sp³-hybridized carbons (Fsp3) is 0.375. The summed E-state index contributed by atoms with van der Waals surface area (Å²) in [6.07, 6.45) is -14.1. The van der Waals surface area contributed by atoms with Crippen molar-refractivity contribution in [2.45, 2.75) is 36.0 Å². The molecule has 168 valence electrons. The summed E-state index contributed by atoms with van der Waals surface area (Å²) in [6.45, 7) is 0. The van der Waals surface area contributed by atoms with E-state index >= 15 is 0 Å². The van der Waals surface area contributed by atoms with Gasteiger partial charge in [-0.2, -0.15) is 61.5 Å². The Labute approximate surface area is 157 Å². The average Bonchev–Trinajstić information content (AvgIpc) is 2.58. The monoisotopic (exact) mass is 464 g/mol. The Kier molecular flexibility index (Phi) is 5.28. The van der Waals surface area contributed by atoms with Crippen LogP contribution in [-0.4, -0.2) is 24.2 Å². The van der Waals surface area contributed by atoms with Gasteiger partial charge in [0, 0.05) is 11.1 Å². The van der Waals surface area contributed by atoms with E-state index < -0.39 is 70.1 Å². The first-order valence-electron chi connectivity index (χ1n) is 7.38. The van der Waals surface area contributed by atoms with Crippen molar-refractivity contribution in [1.29, 1.82) is 0 Å². The SMILES string of the molecule is FC(F)(F)C(F)(F)C(F)(F)c1cc2ccccc2cc1C(F)(F)C(F)(F)C(F)(F)F. The number of hydrogen-bond acceptors (Lipinski definition) is 0. The van der Waals surface area contributed by atoms with Crippen LogP contribution >= 0.6 is 0 Å². The minimum Gasteiger partial charge on any atom is -0.194 e. The van der Waals surface area contributed by atoms with Crippen LogP contribution in [0.3, 0.4) is 0 Å². The molecule has 0 spiro atoms. The Morgan fingerprint density at radius 3 is 0.933 bits per heavy atom. The fourth-order valence-electron chi connectivity index (χ4n) is 2.45. The van der Waals surface area contributed by atoms with Gasteiger partial charge in [-0.25, -0.2) is 0 Å². The van der Waals surface area contributed by atoms with Gasteiger partial charge in [0.15, 0.2) is 0 Å². The van der Waals surface area contributed by atoms with Gasteiger partial charge in [-0.15, -0.1) is 0 Å². The van der Waals surface area contributed by atoms with Crippen molar-refractivity contribution in [3.05, 3.63) is 47.5 Å². The maximum atomic E-state index is 14.1. The highest BCUT2D eigenvalue weighted by atomic mass is 19.4. The first-order chi connectivity index (χ1) is 13.2. The summed E-state index contributed by atoms with van der Waals surface area (Å²) >= 11 is 0. The Bertz CT molecular complexity index is 859. The lowest BCUT2D eigenvalue weighted by Gasteiger charge is -2.34. The Balaban J connectivity index is 2.96. The molecule has 0 aliphatic carbocycles. The molecule has 0 aliphatic heterocycles. The van der Waals surface area contributed by atoms with Gasteiger partial charge in [0.2, 0.25) is 0 Å². The molecule has 0 fully saturated rings. The van der Waals surface area contributed by atoms with Crippen LogP contribution in [0, 0.1) is 0 Å². The van der Waals surface area contributed by atoms with Crippen LogP contribution in [0.1, 0.15) is 11.1 Å². The van der Waals surface area contributed by atoms with Crippen molar-refractivity contribution in [1.82, 2.24) is 0 Å². The predicted molar refractivity (Wildman–Crippen MR) is 73.7 cm³/mol. The second-order valence-corrected chi connectivity index (χ2v) is 6.04. The lowest BCUT2D eigenvalue weighted by atomic mass is 9.88. The fourth-order valence-corrected chi connectivity index (χ4v) is 2.45. The minimum absolute atomic E-state index is 0.412. The van der Waals surface area contributed by atoms with Crippen molar-refractivity contribution in [2.75, 3.05) is 0 Å². The van der Waals surface area contributed by atoms with Crippen LogP contribution < -0.4 is 0 Å². The number of hydrogen-bond donors (Lipinski definition) is 0. The van der Waals surface area contributed by atoms with Crippen LogP contribution in [0.5, 0.6) is 0 Å². The van der Waals surface area contributed by atoms with E-state index in [1.807, 2.05) is 0 Å². The van der Waals surface area contributed by atoms with Gasteiger partial charge >= 0.3 is 36.0 Å². The summed E-state index contributed by atoms with van der Waals surface area (Å²) in [5, 5.41) is -1.39. The van der Waals surface area contributed by atoms with Gasteiger partial charge in [0.05, 0.1) is 0 Å². The molecular weight excluding hydrogens is 458 g/mol. The number of halogens is 14. The molecular formula is C16H6F14. The molecule has 0 saturated heterocycles. The highest BCUT2D eigenvalue weighted by Gasteiger charge is 2.78. The molecule has 2 aromatic carbocycles. The van der Waals surface area contributed by atoms with Crippen LogP contribution in [-0.2, 0) is 11.8 Å². The normalized spacial score (nSPS) is 15.0. The molecule has 0 bridgehead atoms. The van der Waals surface area contributed by atoms with E-state index in [0.29, 0.717) is 0 Å². The van der Waals surface area contributed by atoms with E-state index in [9.17, 15) is 61.5 Å². The molecule has 0 N–H and O–H groups in total. The highest BCUT2D eigenvalue weighted by Crippen LogP contribution is 2.58. The molecule has 0 aromatic heterocycles. The van der Waals surface area contributed by atoms with Gasteiger partial charge in [-0.05, 0) is 22.9 Å². The molecule has 0 atom stereocenters. The summed E-state index contributed by atoms with van der Waals surface area (Å²) in [4.78, 5) is 0. The quantitative estimate of drug-likeness (QED) is 0.414. The van der Waals surface area contributed by atoms with E-state index in [0.717, 1.165) is 24.3 Å². The standard InChI is InChI=1S/C16H6F14/c17-11(18,13(21,22)15(25,26)27)9-5-7-3-1-2-4-8(7)6-10(9)12(19,20)14(23,24)16(28,29)30/h1-6H. The van der Waals surface area contributed by atoms with Crippen molar-refractivity contribution in [2.24, 2.45) is 0 Å². The second kappa shape index (κ2) is 6.61. The third kappa shape index (κ3) is 3.33. The number of fused-ring (bicyclic) bond motifs is 1. The summed E-state index contributed by atoms with van der Waals surface area (Å²) < 4.78 is 184. The first-order valence-corrected chi connectivity index (χ1v) is 7.38. The van der Waals surface area contributed by atoms with Gasteiger partial charge < -0.3 is 0 Å². The molecule has 30 heavy (non-hydrogen) atoms. The molecule has 2 rings (SSSR count). The molecule has 0 nitrogen and oxygen atoms in total. The Hall–Kier alpha value is -2.28. The van der Waals surface area contributed by atoms with E-state index in [-0.39, 0.29) is 0 Å². The first kappa shape index (κ1) is 24.0. The van der Waals surface area contributed by atoms with Gasteiger partial charge in [-0.1, -0.05) is 24.3 Å². The zero-order valence-corrected chi connectivity index (χ0v) is 13.8. The molecule has 0 radical (unpaired) electrons. The largest absolute Gasteiger partial charge is 0.460 e. The van der Waals surface area contributed by atoms with Crippen molar-refractivity contribution in [3.63, 3.8) is 0 Å². The smallest absolute Gasteiger partial charge is 0.194 e. The maximum absolute atomic E-state index is 14.1. The third-order valence-electron chi connectivity index (χ3n) is 4.06. The highest BCUT2D eigenvalue weighted by molar-refractivity contribution is 5.84. The molecule has 2 aromatic rings.